The van der Waals surface area contributed by atoms with Crippen LogP contribution in [0.3, 0.4) is 0 Å². The van der Waals surface area contributed by atoms with Crippen LogP contribution >= 0.6 is 0 Å². The number of unbranched alkanes of at least 4 members (excludes halogenated alkanes) is 3. The molecule has 0 saturated carbocycles. The fourth-order valence-corrected chi connectivity index (χ4v) is 0.703. The summed E-state index contributed by atoms with van der Waals surface area (Å²) in [5.41, 5.74) is 0. The van der Waals surface area contributed by atoms with Gasteiger partial charge in [0.1, 0.15) is 0 Å². The second-order valence-electron chi connectivity index (χ2n) is 2.20. The molecule has 10 heavy (non-hydrogen) atoms. The Balaban J connectivity index is 0. The van der Waals surface area contributed by atoms with Crippen LogP contribution in [0, 0.1) is 0 Å². The van der Waals surface area contributed by atoms with Crippen molar-refractivity contribution in [2.45, 2.75) is 39.0 Å². The zero-order valence-corrected chi connectivity index (χ0v) is 6.39. The Morgan fingerprint density at radius 2 is 1.90 bits per heavy atom. The molecule has 0 spiro atoms. The van der Waals surface area contributed by atoms with Crippen molar-refractivity contribution in [3.05, 3.63) is 0 Å². The van der Waals surface area contributed by atoms with Crippen LogP contribution in [0.5, 0.6) is 0 Å². The maximum atomic E-state index is 9.96. The number of hydrogen-bond acceptors (Lipinski definition) is 1. The molecule has 0 bridgehead atoms. The summed E-state index contributed by atoms with van der Waals surface area (Å²) in [6.07, 6.45) is 4.55. The maximum Gasteiger partial charge on any atom is 0.303 e. The van der Waals surface area contributed by atoms with Crippen LogP contribution in [0.2, 0.25) is 0 Å². The molecule has 0 aliphatic rings. The van der Waals surface area contributed by atoms with Crippen LogP contribution < -0.4 is 0 Å². The quantitative estimate of drug-likeness (QED) is 0.595. The van der Waals surface area contributed by atoms with Crippen LogP contribution in [-0.4, -0.2) is 16.6 Å². The number of carboxylic acids is 1. The minimum Gasteiger partial charge on any atom is -0.481 e. The molecular weight excluding hydrogens is 132 g/mol. The van der Waals surface area contributed by atoms with Gasteiger partial charge in [-0.3, -0.25) is 4.79 Å². The van der Waals surface area contributed by atoms with Crippen molar-refractivity contribution in [3.63, 3.8) is 0 Å². The van der Waals surface area contributed by atoms with E-state index < -0.39 is 5.97 Å². The third-order valence-corrected chi connectivity index (χ3v) is 1.24. The smallest absolute Gasteiger partial charge is 0.303 e. The Hall–Kier alpha value is -0.570. The van der Waals surface area contributed by atoms with Crippen molar-refractivity contribution >= 4 is 5.97 Å². The van der Waals surface area contributed by atoms with Crippen LogP contribution in [0.4, 0.5) is 0 Å². The SMILES string of the molecule is CCCCCCC(=O)O.O. The van der Waals surface area contributed by atoms with Crippen molar-refractivity contribution in [1.29, 1.82) is 0 Å². The van der Waals surface area contributed by atoms with E-state index in [-0.39, 0.29) is 5.48 Å². The van der Waals surface area contributed by atoms with Gasteiger partial charge in [0.05, 0.1) is 0 Å². The van der Waals surface area contributed by atoms with Crippen molar-refractivity contribution in [2.24, 2.45) is 0 Å². The van der Waals surface area contributed by atoms with E-state index in [4.69, 9.17) is 5.11 Å². The molecule has 0 aliphatic carbocycles. The normalized spacial score (nSPS) is 8.50. The Kier molecular flexibility index (Phi) is 10.2. The van der Waals surface area contributed by atoms with Gasteiger partial charge in [-0.2, -0.15) is 0 Å². The molecule has 0 atom stereocenters. The third kappa shape index (κ3) is 10.4. The molecule has 3 nitrogen and oxygen atoms in total. The molecule has 0 heterocycles. The molecule has 0 aliphatic heterocycles. The molecule has 0 aromatic rings. The van der Waals surface area contributed by atoms with E-state index in [2.05, 4.69) is 6.92 Å². The lowest BCUT2D eigenvalue weighted by molar-refractivity contribution is -0.137. The van der Waals surface area contributed by atoms with E-state index in [0.29, 0.717) is 6.42 Å². The van der Waals surface area contributed by atoms with Gasteiger partial charge in [0.25, 0.3) is 0 Å². The lowest BCUT2D eigenvalue weighted by Gasteiger charge is -1.92. The molecule has 0 aromatic heterocycles. The van der Waals surface area contributed by atoms with Gasteiger partial charge in [-0.15, -0.1) is 0 Å². The Labute approximate surface area is 61.4 Å². The van der Waals surface area contributed by atoms with Crippen molar-refractivity contribution < 1.29 is 15.4 Å². The number of carbonyl (C=O) groups is 1. The lowest BCUT2D eigenvalue weighted by Crippen LogP contribution is -1.92. The van der Waals surface area contributed by atoms with E-state index in [1.165, 1.54) is 6.42 Å². The summed E-state index contributed by atoms with van der Waals surface area (Å²) in [6.45, 7) is 2.11. The summed E-state index contributed by atoms with van der Waals surface area (Å²) in [5, 5.41) is 8.21. The molecular formula is C7H16O3. The maximum absolute atomic E-state index is 9.96. The van der Waals surface area contributed by atoms with E-state index in [9.17, 15) is 4.79 Å². The highest BCUT2D eigenvalue weighted by Gasteiger charge is 1.93. The molecule has 0 amide bonds. The summed E-state index contributed by atoms with van der Waals surface area (Å²) in [5.74, 6) is -0.675. The zero-order chi connectivity index (χ0) is 7.11. The Morgan fingerprint density at radius 1 is 1.30 bits per heavy atom. The van der Waals surface area contributed by atoms with Gasteiger partial charge in [-0.05, 0) is 6.42 Å². The van der Waals surface area contributed by atoms with Gasteiger partial charge in [-0.1, -0.05) is 26.2 Å². The first-order chi connectivity index (χ1) is 4.27. The average Bonchev–Trinajstić information content (AvgIpc) is 1.80. The van der Waals surface area contributed by atoms with Gasteiger partial charge >= 0.3 is 5.97 Å². The lowest BCUT2D eigenvalue weighted by atomic mass is 10.2. The predicted molar refractivity (Wildman–Crippen MR) is 40.0 cm³/mol. The second-order valence-corrected chi connectivity index (χ2v) is 2.20. The van der Waals surface area contributed by atoms with Gasteiger partial charge in [0.15, 0.2) is 0 Å². The minimum atomic E-state index is -0.675. The molecule has 62 valence electrons. The highest BCUT2D eigenvalue weighted by molar-refractivity contribution is 5.66. The van der Waals surface area contributed by atoms with E-state index >= 15 is 0 Å². The summed E-state index contributed by atoms with van der Waals surface area (Å²) in [7, 11) is 0. The topological polar surface area (TPSA) is 68.8 Å². The monoisotopic (exact) mass is 148 g/mol. The Morgan fingerprint density at radius 3 is 2.30 bits per heavy atom. The first-order valence-corrected chi connectivity index (χ1v) is 3.49. The number of carboxylic acid groups (broad SMARTS) is 1. The zero-order valence-electron chi connectivity index (χ0n) is 6.39. The number of aliphatic carboxylic acids is 1. The molecule has 0 aromatic carbocycles. The second kappa shape index (κ2) is 8.43. The standard InChI is InChI=1S/C7H14O2.H2O/c1-2-3-4-5-6-7(8)9;/h2-6H2,1H3,(H,8,9);1H2. The number of hydrogen-bond donors (Lipinski definition) is 1. The molecule has 0 rings (SSSR count). The molecule has 0 fully saturated rings. The molecule has 3 N–H and O–H groups in total. The average molecular weight is 148 g/mol. The van der Waals surface area contributed by atoms with Gasteiger partial charge in [0, 0.05) is 6.42 Å². The molecule has 0 saturated heterocycles. The fraction of sp³-hybridized carbons (Fsp3) is 0.857. The van der Waals surface area contributed by atoms with E-state index in [1.54, 1.807) is 0 Å². The molecule has 3 heteroatoms. The first kappa shape index (κ1) is 12.1. The summed E-state index contributed by atoms with van der Waals surface area (Å²) in [4.78, 5) is 9.96. The highest BCUT2D eigenvalue weighted by Crippen LogP contribution is 2.01. The third-order valence-electron chi connectivity index (χ3n) is 1.24. The Bertz CT molecular complexity index is 80.9. The summed E-state index contributed by atoms with van der Waals surface area (Å²) < 4.78 is 0. The first-order valence-electron chi connectivity index (χ1n) is 3.49. The van der Waals surface area contributed by atoms with Crippen LogP contribution in [0.25, 0.3) is 0 Å². The molecule has 0 unspecified atom stereocenters. The fourth-order valence-electron chi connectivity index (χ4n) is 0.703. The van der Waals surface area contributed by atoms with E-state index in [0.717, 1.165) is 19.3 Å². The predicted octanol–water partition coefficient (Wildman–Crippen LogP) is 1.22. The van der Waals surface area contributed by atoms with Gasteiger partial charge < -0.3 is 10.6 Å². The van der Waals surface area contributed by atoms with Gasteiger partial charge in [-0.25, -0.2) is 0 Å². The van der Waals surface area contributed by atoms with Crippen LogP contribution in [0.15, 0.2) is 0 Å². The summed E-state index contributed by atoms with van der Waals surface area (Å²) >= 11 is 0. The highest BCUT2D eigenvalue weighted by atomic mass is 16.4. The summed E-state index contributed by atoms with van der Waals surface area (Å²) in [6, 6.07) is 0. The van der Waals surface area contributed by atoms with Gasteiger partial charge in [0.2, 0.25) is 0 Å². The minimum absolute atomic E-state index is 0. The van der Waals surface area contributed by atoms with Crippen LogP contribution in [-0.2, 0) is 4.79 Å². The van der Waals surface area contributed by atoms with Crippen molar-refractivity contribution in [3.8, 4) is 0 Å². The largest absolute Gasteiger partial charge is 0.481 e. The number of rotatable bonds is 5. The van der Waals surface area contributed by atoms with Crippen molar-refractivity contribution in [2.75, 3.05) is 0 Å². The molecule has 0 radical (unpaired) electrons. The van der Waals surface area contributed by atoms with E-state index in [1.807, 2.05) is 0 Å². The van der Waals surface area contributed by atoms with Crippen LogP contribution in [0.1, 0.15) is 39.0 Å². The van der Waals surface area contributed by atoms with Crippen molar-refractivity contribution in [1.82, 2.24) is 0 Å².